The van der Waals surface area contributed by atoms with Gasteiger partial charge in [0, 0.05) is 5.41 Å². The van der Waals surface area contributed by atoms with Crippen molar-refractivity contribution >= 4 is 0 Å². The molecule has 0 aromatic heterocycles. The molecule has 1 aromatic carbocycles. The van der Waals surface area contributed by atoms with E-state index in [9.17, 15) is 5.11 Å². The number of hydrogen-bond acceptors (Lipinski definition) is 1. The Balaban J connectivity index is 2.76. The van der Waals surface area contributed by atoms with Gasteiger partial charge < -0.3 is 5.11 Å². The van der Waals surface area contributed by atoms with Crippen LogP contribution in [0, 0.1) is 17.3 Å². The Labute approximate surface area is 85.8 Å². The average molecular weight is 188 g/mol. The van der Waals surface area contributed by atoms with E-state index in [0.29, 0.717) is 0 Å². The van der Waals surface area contributed by atoms with Crippen molar-refractivity contribution in [2.24, 2.45) is 5.41 Å². The van der Waals surface area contributed by atoms with E-state index in [2.05, 4.69) is 11.8 Å². The van der Waals surface area contributed by atoms with Crippen LogP contribution in [0.1, 0.15) is 32.4 Å². The minimum atomic E-state index is -0.671. The highest BCUT2D eigenvalue weighted by Crippen LogP contribution is 2.14. The van der Waals surface area contributed by atoms with Crippen LogP contribution in [0.25, 0.3) is 0 Å². The van der Waals surface area contributed by atoms with Gasteiger partial charge in [0.15, 0.2) is 0 Å². The fraction of sp³-hybridized carbons (Fsp3) is 0.385. The Kier molecular flexibility index (Phi) is 3.33. The van der Waals surface area contributed by atoms with Gasteiger partial charge in [-0.15, -0.1) is 0 Å². The summed E-state index contributed by atoms with van der Waals surface area (Å²) in [6.07, 6.45) is -0.671. The molecule has 1 unspecified atom stereocenters. The molecule has 0 saturated heterocycles. The van der Waals surface area contributed by atoms with Gasteiger partial charge in [0.1, 0.15) is 6.10 Å². The average Bonchev–Trinajstić information content (AvgIpc) is 2.14. The minimum Gasteiger partial charge on any atom is -0.376 e. The quantitative estimate of drug-likeness (QED) is 0.672. The summed E-state index contributed by atoms with van der Waals surface area (Å²) in [5.74, 6) is 5.86. The van der Waals surface area contributed by atoms with E-state index in [1.165, 1.54) is 0 Å². The van der Waals surface area contributed by atoms with E-state index >= 15 is 0 Å². The first-order valence-corrected chi connectivity index (χ1v) is 4.75. The fourth-order valence-corrected chi connectivity index (χ4v) is 1.00. The summed E-state index contributed by atoms with van der Waals surface area (Å²) in [7, 11) is 0. The molecule has 0 saturated carbocycles. The first-order chi connectivity index (χ1) is 6.49. The highest BCUT2D eigenvalue weighted by molar-refractivity contribution is 5.25. The standard InChI is InChI=1S/C13H16O/c1-13(2,3)10-9-12(14)11-7-5-4-6-8-11/h4-8,12,14H,1-3H3. The molecule has 1 N–H and O–H groups in total. The van der Waals surface area contributed by atoms with Crippen LogP contribution in [0.5, 0.6) is 0 Å². The third-order valence-corrected chi connectivity index (χ3v) is 1.70. The van der Waals surface area contributed by atoms with Crippen molar-refractivity contribution in [3.8, 4) is 11.8 Å². The molecule has 0 radical (unpaired) electrons. The smallest absolute Gasteiger partial charge is 0.140 e. The van der Waals surface area contributed by atoms with Crippen molar-refractivity contribution in [3.05, 3.63) is 35.9 Å². The predicted octanol–water partition coefficient (Wildman–Crippen LogP) is 2.77. The molecule has 74 valence electrons. The van der Waals surface area contributed by atoms with Gasteiger partial charge >= 0.3 is 0 Å². The van der Waals surface area contributed by atoms with E-state index in [1.807, 2.05) is 51.1 Å². The van der Waals surface area contributed by atoms with Crippen molar-refractivity contribution in [2.45, 2.75) is 26.9 Å². The molecule has 0 aliphatic rings. The number of hydrogen-bond donors (Lipinski definition) is 1. The lowest BCUT2D eigenvalue weighted by Gasteiger charge is -2.08. The van der Waals surface area contributed by atoms with E-state index in [0.717, 1.165) is 5.56 Å². The lowest BCUT2D eigenvalue weighted by molar-refractivity contribution is 0.238. The van der Waals surface area contributed by atoms with Gasteiger partial charge in [-0.2, -0.15) is 0 Å². The molecule has 0 aliphatic carbocycles. The van der Waals surface area contributed by atoms with Gasteiger partial charge in [0.2, 0.25) is 0 Å². The zero-order valence-corrected chi connectivity index (χ0v) is 8.91. The van der Waals surface area contributed by atoms with Crippen molar-refractivity contribution in [1.29, 1.82) is 0 Å². The molecular weight excluding hydrogens is 172 g/mol. The van der Waals surface area contributed by atoms with Crippen LogP contribution in [0.15, 0.2) is 30.3 Å². The van der Waals surface area contributed by atoms with Crippen LogP contribution in [-0.2, 0) is 0 Å². The summed E-state index contributed by atoms with van der Waals surface area (Å²) in [5, 5.41) is 9.71. The molecule has 0 amide bonds. The summed E-state index contributed by atoms with van der Waals surface area (Å²) >= 11 is 0. The summed E-state index contributed by atoms with van der Waals surface area (Å²) in [6, 6.07) is 9.48. The van der Waals surface area contributed by atoms with Crippen LogP contribution < -0.4 is 0 Å². The van der Waals surface area contributed by atoms with Gasteiger partial charge in [0.25, 0.3) is 0 Å². The second kappa shape index (κ2) is 4.30. The lowest BCUT2D eigenvalue weighted by atomic mass is 9.97. The monoisotopic (exact) mass is 188 g/mol. The van der Waals surface area contributed by atoms with Crippen LogP contribution in [0.2, 0.25) is 0 Å². The van der Waals surface area contributed by atoms with E-state index in [4.69, 9.17) is 0 Å². The van der Waals surface area contributed by atoms with Crippen molar-refractivity contribution in [2.75, 3.05) is 0 Å². The van der Waals surface area contributed by atoms with Crippen molar-refractivity contribution < 1.29 is 5.11 Å². The van der Waals surface area contributed by atoms with Gasteiger partial charge in [-0.1, -0.05) is 42.2 Å². The Morgan fingerprint density at radius 1 is 1.14 bits per heavy atom. The molecule has 1 nitrogen and oxygen atoms in total. The third kappa shape index (κ3) is 3.64. The third-order valence-electron chi connectivity index (χ3n) is 1.70. The largest absolute Gasteiger partial charge is 0.376 e. The molecule has 0 heterocycles. The second-order valence-electron chi connectivity index (χ2n) is 4.33. The van der Waals surface area contributed by atoms with Crippen LogP contribution >= 0.6 is 0 Å². The van der Waals surface area contributed by atoms with E-state index in [-0.39, 0.29) is 5.41 Å². The minimum absolute atomic E-state index is 0.0598. The van der Waals surface area contributed by atoms with Crippen molar-refractivity contribution in [3.63, 3.8) is 0 Å². The molecule has 0 bridgehead atoms. The SMILES string of the molecule is CC(C)(C)C#CC(O)c1ccccc1. The van der Waals surface area contributed by atoms with E-state index < -0.39 is 6.10 Å². The van der Waals surface area contributed by atoms with Gasteiger partial charge in [0.05, 0.1) is 0 Å². The Hall–Kier alpha value is -1.26. The lowest BCUT2D eigenvalue weighted by Crippen LogP contribution is -2.01. The molecule has 1 rings (SSSR count). The zero-order valence-electron chi connectivity index (χ0n) is 8.91. The molecule has 1 aromatic rings. The fourth-order valence-electron chi connectivity index (χ4n) is 1.00. The summed E-state index contributed by atoms with van der Waals surface area (Å²) < 4.78 is 0. The van der Waals surface area contributed by atoms with E-state index in [1.54, 1.807) is 0 Å². The highest BCUT2D eigenvalue weighted by atomic mass is 16.3. The molecular formula is C13H16O. The van der Waals surface area contributed by atoms with Crippen molar-refractivity contribution in [1.82, 2.24) is 0 Å². The molecule has 14 heavy (non-hydrogen) atoms. The summed E-state index contributed by atoms with van der Waals surface area (Å²) in [5.41, 5.74) is 0.791. The highest BCUT2D eigenvalue weighted by Gasteiger charge is 2.06. The van der Waals surface area contributed by atoms with Crippen LogP contribution in [0.4, 0.5) is 0 Å². The number of rotatable bonds is 1. The second-order valence-corrected chi connectivity index (χ2v) is 4.33. The normalized spacial score (nSPS) is 12.9. The number of benzene rings is 1. The summed E-state index contributed by atoms with van der Waals surface area (Å²) in [6.45, 7) is 6.08. The molecule has 1 atom stereocenters. The Morgan fingerprint density at radius 3 is 2.21 bits per heavy atom. The van der Waals surface area contributed by atoms with Crippen LogP contribution in [-0.4, -0.2) is 5.11 Å². The first kappa shape index (κ1) is 10.8. The molecule has 0 aliphatic heterocycles. The first-order valence-electron chi connectivity index (χ1n) is 4.75. The molecule has 0 spiro atoms. The molecule has 0 fully saturated rings. The maximum Gasteiger partial charge on any atom is 0.140 e. The molecule has 1 heteroatoms. The number of aliphatic hydroxyl groups is 1. The van der Waals surface area contributed by atoms with Gasteiger partial charge in [-0.3, -0.25) is 0 Å². The Morgan fingerprint density at radius 2 is 1.71 bits per heavy atom. The Bertz CT molecular complexity index is 335. The maximum absolute atomic E-state index is 9.71. The van der Waals surface area contributed by atoms with Gasteiger partial charge in [-0.05, 0) is 26.3 Å². The number of aliphatic hydroxyl groups excluding tert-OH is 1. The topological polar surface area (TPSA) is 20.2 Å². The zero-order chi connectivity index (χ0) is 10.6. The van der Waals surface area contributed by atoms with Gasteiger partial charge in [-0.25, -0.2) is 0 Å². The maximum atomic E-state index is 9.71. The van der Waals surface area contributed by atoms with Crippen LogP contribution in [0.3, 0.4) is 0 Å². The summed E-state index contributed by atoms with van der Waals surface area (Å²) in [4.78, 5) is 0. The predicted molar refractivity (Wildman–Crippen MR) is 58.6 cm³/mol.